The summed E-state index contributed by atoms with van der Waals surface area (Å²) in [6.07, 6.45) is 1.13. The van der Waals surface area contributed by atoms with Crippen LogP contribution in [-0.4, -0.2) is 38.2 Å². The van der Waals surface area contributed by atoms with E-state index in [1.54, 1.807) is 24.3 Å². The van der Waals surface area contributed by atoms with Gasteiger partial charge in [-0.1, -0.05) is 13.3 Å². The van der Waals surface area contributed by atoms with Crippen molar-refractivity contribution in [2.24, 2.45) is 5.73 Å². The Bertz CT molecular complexity index is 455. The lowest BCUT2D eigenvalue weighted by Gasteiger charge is -2.13. The van der Waals surface area contributed by atoms with Gasteiger partial charge in [0.05, 0.1) is 12.2 Å². The Morgan fingerprint density at radius 3 is 2.48 bits per heavy atom. The monoisotopic (exact) mass is 294 g/mol. The summed E-state index contributed by atoms with van der Waals surface area (Å²) in [4.78, 5) is 23.5. The molecule has 0 bridgehead atoms. The van der Waals surface area contributed by atoms with E-state index in [9.17, 15) is 9.59 Å². The van der Waals surface area contributed by atoms with Crippen LogP contribution in [0.5, 0.6) is 0 Å². The average Bonchev–Trinajstić information content (AvgIpc) is 2.49. The Morgan fingerprint density at radius 1 is 1.29 bits per heavy atom. The second kappa shape index (κ2) is 9.10. The average molecular weight is 294 g/mol. The van der Waals surface area contributed by atoms with Crippen LogP contribution in [0.15, 0.2) is 24.3 Å². The van der Waals surface area contributed by atoms with Gasteiger partial charge in [0.1, 0.15) is 6.10 Å². The minimum Gasteiger partial charge on any atom is -0.462 e. The fraction of sp³-hybridized carbons (Fsp3) is 0.467. The number of unbranched alkanes of at least 4 members (excludes halogenated alkanes) is 1. The van der Waals surface area contributed by atoms with Crippen molar-refractivity contribution in [1.82, 2.24) is 0 Å². The van der Waals surface area contributed by atoms with Gasteiger partial charge in [0.2, 0.25) is 0 Å². The molecule has 0 aromatic heterocycles. The standard InChI is InChI=1S/C15H22N2O4/c1-3-4-9-21-15(19)11-5-7-12(8-6-11)17-14(18)13(10-16)20-2/h5-8,13H,3-4,9-10,16H2,1-2H3,(H,17,18). The molecule has 0 radical (unpaired) electrons. The highest BCUT2D eigenvalue weighted by atomic mass is 16.5. The van der Waals surface area contributed by atoms with Crippen LogP contribution in [0.1, 0.15) is 30.1 Å². The molecule has 0 spiro atoms. The van der Waals surface area contributed by atoms with E-state index in [0.717, 1.165) is 12.8 Å². The molecule has 0 heterocycles. The summed E-state index contributed by atoms with van der Waals surface area (Å²) in [5.74, 6) is -0.684. The maximum Gasteiger partial charge on any atom is 0.338 e. The molecule has 1 amide bonds. The van der Waals surface area contributed by atoms with Crippen LogP contribution in [0.3, 0.4) is 0 Å². The molecule has 1 aromatic rings. The van der Waals surface area contributed by atoms with E-state index in [-0.39, 0.29) is 18.4 Å². The van der Waals surface area contributed by atoms with Gasteiger partial charge in [0.25, 0.3) is 5.91 Å². The Balaban J connectivity index is 2.57. The molecule has 21 heavy (non-hydrogen) atoms. The Labute approximate surface area is 124 Å². The number of anilines is 1. The Kier molecular flexibility index (Phi) is 7.42. The van der Waals surface area contributed by atoms with Gasteiger partial charge in [-0.15, -0.1) is 0 Å². The van der Waals surface area contributed by atoms with Crippen LogP contribution in [0, 0.1) is 0 Å². The Morgan fingerprint density at radius 2 is 1.95 bits per heavy atom. The van der Waals surface area contributed by atoms with Crippen LogP contribution >= 0.6 is 0 Å². The molecule has 0 aliphatic carbocycles. The number of methoxy groups -OCH3 is 1. The van der Waals surface area contributed by atoms with E-state index in [4.69, 9.17) is 15.2 Å². The van der Waals surface area contributed by atoms with E-state index < -0.39 is 6.10 Å². The van der Waals surface area contributed by atoms with Gasteiger partial charge in [-0.3, -0.25) is 4.79 Å². The number of benzene rings is 1. The number of nitrogens with two attached hydrogens (primary N) is 1. The third-order valence-electron chi connectivity index (χ3n) is 2.91. The topological polar surface area (TPSA) is 90.7 Å². The molecule has 0 aliphatic heterocycles. The van der Waals surface area contributed by atoms with Crippen LogP contribution in [-0.2, 0) is 14.3 Å². The molecular formula is C15H22N2O4. The SMILES string of the molecule is CCCCOC(=O)c1ccc(NC(=O)C(CN)OC)cc1. The minimum atomic E-state index is -0.691. The van der Waals surface area contributed by atoms with Gasteiger partial charge in [-0.2, -0.15) is 0 Å². The molecule has 1 unspecified atom stereocenters. The summed E-state index contributed by atoms with van der Waals surface area (Å²) in [7, 11) is 1.42. The molecule has 6 nitrogen and oxygen atoms in total. The molecule has 1 aromatic carbocycles. The third-order valence-corrected chi connectivity index (χ3v) is 2.91. The number of amides is 1. The molecule has 3 N–H and O–H groups in total. The molecule has 1 rings (SSSR count). The van der Waals surface area contributed by atoms with Gasteiger partial charge >= 0.3 is 5.97 Å². The van der Waals surface area contributed by atoms with Gasteiger partial charge in [0.15, 0.2) is 0 Å². The fourth-order valence-corrected chi connectivity index (χ4v) is 1.62. The highest BCUT2D eigenvalue weighted by molar-refractivity contribution is 5.95. The third kappa shape index (κ3) is 5.53. The van der Waals surface area contributed by atoms with Gasteiger partial charge < -0.3 is 20.5 Å². The van der Waals surface area contributed by atoms with Crippen LogP contribution in [0.2, 0.25) is 0 Å². The molecule has 0 aliphatic rings. The molecular weight excluding hydrogens is 272 g/mol. The molecule has 0 saturated carbocycles. The second-order valence-corrected chi connectivity index (χ2v) is 4.52. The lowest BCUT2D eigenvalue weighted by molar-refractivity contribution is -0.125. The van der Waals surface area contributed by atoms with Gasteiger partial charge in [-0.05, 0) is 30.7 Å². The van der Waals surface area contributed by atoms with E-state index >= 15 is 0 Å². The summed E-state index contributed by atoms with van der Waals surface area (Å²) in [6, 6.07) is 6.48. The number of nitrogens with one attached hydrogen (secondary N) is 1. The summed E-state index contributed by atoms with van der Waals surface area (Å²) in [5, 5.41) is 2.67. The van der Waals surface area contributed by atoms with Crippen LogP contribution < -0.4 is 11.1 Å². The van der Waals surface area contributed by atoms with Crippen molar-refractivity contribution in [3.05, 3.63) is 29.8 Å². The van der Waals surface area contributed by atoms with Crippen LogP contribution in [0.25, 0.3) is 0 Å². The van der Waals surface area contributed by atoms with Crippen molar-refractivity contribution in [1.29, 1.82) is 0 Å². The molecule has 6 heteroatoms. The zero-order valence-electron chi connectivity index (χ0n) is 12.4. The largest absolute Gasteiger partial charge is 0.462 e. The number of carbonyl (C=O) groups is 2. The molecule has 0 saturated heterocycles. The number of hydrogen-bond donors (Lipinski definition) is 2. The first kappa shape index (κ1) is 17.1. The first-order valence-corrected chi connectivity index (χ1v) is 6.93. The van der Waals surface area contributed by atoms with Crippen molar-refractivity contribution in [3.8, 4) is 0 Å². The summed E-state index contributed by atoms with van der Waals surface area (Å²) in [6.45, 7) is 2.55. The first-order valence-electron chi connectivity index (χ1n) is 6.93. The van der Waals surface area contributed by atoms with E-state index in [1.807, 2.05) is 6.92 Å². The van der Waals surface area contributed by atoms with Crippen molar-refractivity contribution in [3.63, 3.8) is 0 Å². The van der Waals surface area contributed by atoms with E-state index in [0.29, 0.717) is 17.9 Å². The van der Waals surface area contributed by atoms with E-state index in [2.05, 4.69) is 5.32 Å². The number of hydrogen-bond acceptors (Lipinski definition) is 5. The summed E-state index contributed by atoms with van der Waals surface area (Å²) < 4.78 is 10.0. The quantitative estimate of drug-likeness (QED) is 0.561. The molecule has 1 atom stereocenters. The lowest BCUT2D eigenvalue weighted by atomic mass is 10.2. The number of esters is 1. The van der Waals surface area contributed by atoms with Crippen LogP contribution in [0.4, 0.5) is 5.69 Å². The second-order valence-electron chi connectivity index (χ2n) is 4.52. The minimum absolute atomic E-state index is 0.101. The van der Waals surface area contributed by atoms with E-state index in [1.165, 1.54) is 7.11 Å². The first-order chi connectivity index (χ1) is 10.1. The maximum atomic E-state index is 11.8. The smallest absolute Gasteiger partial charge is 0.338 e. The lowest BCUT2D eigenvalue weighted by Crippen LogP contribution is -2.35. The maximum absolute atomic E-state index is 11.8. The predicted molar refractivity (Wildman–Crippen MR) is 80.1 cm³/mol. The fourth-order valence-electron chi connectivity index (χ4n) is 1.62. The van der Waals surface area contributed by atoms with Gasteiger partial charge in [0, 0.05) is 19.3 Å². The summed E-state index contributed by atoms with van der Waals surface area (Å²) in [5.41, 5.74) is 6.43. The molecule has 116 valence electrons. The van der Waals surface area contributed by atoms with Crippen molar-refractivity contribution >= 4 is 17.6 Å². The zero-order valence-corrected chi connectivity index (χ0v) is 12.4. The highest BCUT2D eigenvalue weighted by Gasteiger charge is 2.15. The highest BCUT2D eigenvalue weighted by Crippen LogP contribution is 2.11. The summed E-state index contributed by atoms with van der Waals surface area (Å²) >= 11 is 0. The van der Waals surface area contributed by atoms with Gasteiger partial charge in [-0.25, -0.2) is 4.79 Å². The normalized spacial score (nSPS) is 11.8. The molecule has 0 fully saturated rings. The van der Waals surface area contributed by atoms with Crippen molar-refractivity contribution in [2.45, 2.75) is 25.9 Å². The predicted octanol–water partition coefficient (Wildman–Crippen LogP) is 1.56. The number of ether oxygens (including phenoxy) is 2. The Hall–Kier alpha value is -1.92. The van der Waals surface area contributed by atoms with Crippen molar-refractivity contribution < 1.29 is 19.1 Å². The number of carbonyl (C=O) groups excluding carboxylic acids is 2. The van der Waals surface area contributed by atoms with Crippen molar-refractivity contribution in [2.75, 3.05) is 25.6 Å². The zero-order chi connectivity index (χ0) is 15.7. The number of rotatable bonds is 8.